The molecule has 0 aliphatic heterocycles. The summed E-state index contributed by atoms with van der Waals surface area (Å²) in [5.74, 6) is -1.23. The minimum Gasteiger partial charge on any atom is -0.478 e. The summed E-state index contributed by atoms with van der Waals surface area (Å²) in [4.78, 5) is 34.4. The average molecular weight is 792 g/mol. The topological polar surface area (TPSA) is 136 Å². The Morgan fingerprint density at radius 1 is 0.491 bits per heavy atom. The summed E-state index contributed by atoms with van der Waals surface area (Å²) in [5, 5.41) is 28.9. The van der Waals surface area contributed by atoms with Crippen molar-refractivity contribution in [2.75, 3.05) is 13.2 Å². The van der Waals surface area contributed by atoms with Gasteiger partial charge in [-0.25, -0.2) is 9.59 Å². The maximum Gasteiger partial charge on any atom is 0.347 e. The van der Waals surface area contributed by atoms with Crippen LogP contribution in [0, 0.1) is 0 Å². The highest BCUT2D eigenvalue weighted by Crippen LogP contribution is 2.24. The number of nitrogens with zero attached hydrogens (tertiary/aromatic N) is 2. The van der Waals surface area contributed by atoms with Gasteiger partial charge in [-0.05, 0) is 126 Å². The number of aliphatic carboxylic acids is 2. The van der Waals surface area contributed by atoms with Crippen LogP contribution >= 0.6 is 23.2 Å². The summed E-state index contributed by atoms with van der Waals surface area (Å²) in [6, 6.07) is 28.8. The van der Waals surface area contributed by atoms with Crippen molar-refractivity contribution in [1.29, 1.82) is 0 Å². The van der Waals surface area contributed by atoms with E-state index in [2.05, 4.69) is 10.3 Å². The second kappa shape index (κ2) is 20.6. The van der Waals surface area contributed by atoms with Gasteiger partial charge >= 0.3 is 11.9 Å². The van der Waals surface area contributed by atoms with Crippen LogP contribution in [0.2, 0.25) is 10.0 Å². The van der Waals surface area contributed by atoms with Crippen LogP contribution in [0.15, 0.2) is 107 Å². The van der Waals surface area contributed by atoms with Crippen molar-refractivity contribution in [1.82, 2.24) is 0 Å². The SMILES string of the molecule is CC(C)(Oc1ccc(/C(=N/OCCCCCCCCCO/N=C(/c2ccc(Cl)cc2)c2ccc(OC(C)(C)C(=O)O)cc2)c2ccc(Cl)cc2)cc1)C(=O)O. The normalized spacial score (nSPS) is 12.3. The molecular weight excluding hydrogens is 743 g/mol. The van der Waals surface area contributed by atoms with Gasteiger partial charge in [0.2, 0.25) is 0 Å². The number of carboxylic acid groups (broad SMARTS) is 2. The van der Waals surface area contributed by atoms with E-state index >= 15 is 0 Å². The minimum absolute atomic E-state index is 0.437. The molecule has 0 aliphatic rings. The molecule has 0 saturated carbocycles. The summed E-state index contributed by atoms with van der Waals surface area (Å²) in [6.45, 7) is 6.95. The highest BCUT2D eigenvalue weighted by Gasteiger charge is 2.30. The van der Waals surface area contributed by atoms with E-state index in [1.54, 1.807) is 48.5 Å². The predicted molar refractivity (Wildman–Crippen MR) is 216 cm³/mol. The number of halogens is 2. The van der Waals surface area contributed by atoms with Crippen molar-refractivity contribution in [3.05, 3.63) is 129 Å². The zero-order valence-electron chi connectivity index (χ0n) is 31.6. The molecule has 0 radical (unpaired) electrons. The van der Waals surface area contributed by atoms with E-state index in [4.69, 9.17) is 42.4 Å². The third-order valence-electron chi connectivity index (χ3n) is 8.55. The number of hydrogen-bond acceptors (Lipinski definition) is 8. The zero-order valence-corrected chi connectivity index (χ0v) is 33.1. The van der Waals surface area contributed by atoms with Gasteiger partial charge in [-0.15, -0.1) is 0 Å². The van der Waals surface area contributed by atoms with E-state index in [-0.39, 0.29) is 0 Å². The van der Waals surface area contributed by atoms with Crippen molar-refractivity contribution in [2.45, 2.75) is 83.8 Å². The number of carboxylic acids is 2. The molecule has 292 valence electrons. The quantitative estimate of drug-likeness (QED) is 0.0456. The Morgan fingerprint density at radius 3 is 1.05 bits per heavy atom. The third-order valence-corrected chi connectivity index (χ3v) is 9.05. The summed E-state index contributed by atoms with van der Waals surface area (Å²) >= 11 is 12.2. The van der Waals surface area contributed by atoms with Crippen LogP contribution in [-0.2, 0) is 19.3 Å². The summed E-state index contributed by atoms with van der Waals surface area (Å²) < 4.78 is 11.3. The third kappa shape index (κ3) is 13.6. The number of benzene rings is 4. The highest BCUT2D eigenvalue weighted by molar-refractivity contribution is 6.31. The van der Waals surface area contributed by atoms with E-state index in [0.29, 0.717) is 46.2 Å². The van der Waals surface area contributed by atoms with Crippen LogP contribution in [0.3, 0.4) is 0 Å². The van der Waals surface area contributed by atoms with E-state index in [1.165, 1.54) is 27.7 Å². The maximum atomic E-state index is 11.5. The van der Waals surface area contributed by atoms with Crippen LogP contribution < -0.4 is 9.47 Å². The Bertz CT molecular complexity index is 1750. The molecule has 0 heterocycles. The van der Waals surface area contributed by atoms with Gasteiger partial charge in [0.05, 0.1) is 0 Å². The molecule has 4 rings (SSSR count). The Kier molecular flexibility index (Phi) is 16.0. The first kappa shape index (κ1) is 42.7. The van der Waals surface area contributed by atoms with Gasteiger partial charge in [0.25, 0.3) is 0 Å². The number of oxime groups is 2. The molecule has 0 spiro atoms. The van der Waals surface area contributed by atoms with Gasteiger partial charge < -0.3 is 29.4 Å². The minimum atomic E-state index is -1.36. The predicted octanol–water partition coefficient (Wildman–Crippen LogP) is 10.4. The average Bonchev–Trinajstić information content (AvgIpc) is 3.15. The van der Waals surface area contributed by atoms with Crippen LogP contribution in [-0.4, -0.2) is 58.0 Å². The van der Waals surface area contributed by atoms with Crippen molar-refractivity contribution in [3.8, 4) is 11.5 Å². The van der Waals surface area contributed by atoms with E-state index in [1.807, 2.05) is 48.5 Å². The van der Waals surface area contributed by atoms with E-state index < -0.39 is 23.1 Å². The molecule has 2 N–H and O–H groups in total. The Labute approximate surface area is 332 Å². The molecule has 0 fully saturated rings. The Morgan fingerprint density at radius 2 is 0.764 bits per heavy atom. The second-order valence-corrected chi connectivity index (χ2v) is 14.8. The number of rotatable bonds is 22. The molecule has 0 bridgehead atoms. The first-order valence-electron chi connectivity index (χ1n) is 18.2. The van der Waals surface area contributed by atoms with Gasteiger partial charge in [-0.2, -0.15) is 0 Å². The zero-order chi connectivity index (χ0) is 39.8. The summed E-state index contributed by atoms with van der Waals surface area (Å²) in [6.07, 6.45) is 7.01. The molecule has 0 amide bonds. The standard InChI is InChI=1S/C43H48Cl2N2O8/c1-42(2,40(48)49)54-36-24-16-32(17-25-36)38(30-12-20-34(44)21-13-30)46-52-28-10-8-6-5-7-9-11-29-53-47-39(31-14-22-35(45)23-15-31)33-18-26-37(27-19-33)55-43(3,4)41(50)51/h12-27H,5-11,28-29H2,1-4H3,(H,48,49)(H,50,51)/b46-38-,47-39+. The second-order valence-electron chi connectivity index (χ2n) is 13.9. The molecule has 0 aromatic heterocycles. The maximum absolute atomic E-state index is 11.5. The molecule has 4 aromatic carbocycles. The molecule has 55 heavy (non-hydrogen) atoms. The number of hydrogen-bond donors (Lipinski definition) is 2. The lowest BCUT2D eigenvalue weighted by Crippen LogP contribution is -2.37. The van der Waals surface area contributed by atoms with Crippen LogP contribution in [0.1, 0.15) is 94.9 Å². The highest BCUT2D eigenvalue weighted by atomic mass is 35.5. The van der Waals surface area contributed by atoms with Gasteiger partial charge in [-0.3, -0.25) is 0 Å². The van der Waals surface area contributed by atoms with Gasteiger partial charge in [0, 0.05) is 32.3 Å². The lowest BCUT2D eigenvalue weighted by molar-refractivity contribution is -0.152. The van der Waals surface area contributed by atoms with Gasteiger partial charge in [0.1, 0.15) is 36.1 Å². The number of carbonyl (C=O) groups is 2. The fraction of sp³-hybridized carbons (Fsp3) is 0.349. The summed E-state index contributed by atoms with van der Waals surface area (Å²) in [5.41, 5.74) is 1.82. The lowest BCUT2D eigenvalue weighted by Gasteiger charge is -2.21. The molecular formula is C43H48Cl2N2O8. The van der Waals surface area contributed by atoms with E-state index in [9.17, 15) is 19.8 Å². The van der Waals surface area contributed by atoms with Gasteiger partial charge in [-0.1, -0.05) is 77.0 Å². The van der Waals surface area contributed by atoms with Gasteiger partial charge in [0.15, 0.2) is 11.2 Å². The van der Waals surface area contributed by atoms with Crippen molar-refractivity contribution in [3.63, 3.8) is 0 Å². The van der Waals surface area contributed by atoms with Crippen molar-refractivity contribution >= 4 is 46.6 Å². The number of unbranched alkanes of at least 4 members (excludes halogenated alkanes) is 6. The van der Waals surface area contributed by atoms with Crippen LogP contribution in [0.5, 0.6) is 11.5 Å². The smallest absolute Gasteiger partial charge is 0.347 e. The molecule has 10 nitrogen and oxygen atoms in total. The lowest BCUT2D eigenvalue weighted by atomic mass is 10.0. The van der Waals surface area contributed by atoms with Crippen LogP contribution in [0.4, 0.5) is 0 Å². The summed E-state index contributed by atoms with van der Waals surface area (Å²) in [7, 11) is 0. The molecule has 0 atom stereocenters. The molecule has 12 heteroatoms. The first-order valence-corrected chi connectivity index (χ1v) is 19.0. The Balaban J connectivity index is 1.20. The molecule has 0 aliphatic carbocycles. The van der Waals surface area contributed by atoms with Crippen molar-refractivity contribution in [2.24, 2.45) is 10.3 Å². The van der Waals surface area contributed by atoms with Crippen LogP contribution in [0.25, 0.3) is 0 Å². The van der Waals surface area contributed by atoms with Crippen molar-refractivity contribution < 1.29 is 39.0 Å². The number of ether oxygens (including phenoxy) is 2. The molecule has 0 saturated heterocycles. The molecule has 0 unspecified atom stereocenters. The fourth-order valence-electron chi connectivity index (χ4n) is 5.24. The first-order chi connectivity index (χ1) is 26.2. The fourth-order valence-corrected chi connectivity index (χ4v) is 5.49. The van der Waals surface area contributed by atoms with E-state index in [0.717, 1.165) is 67.2 Å². The monoisotopic (exact) mass is 790 g/mol. The largest absolute Gasteiger partial charge is 0.478 e. The Hall–Kier alpha value is -5.06. The molecule has 4 aromatic rings.